The smallest absolute Gasteiger partial charge is 0.255 e. The normalized spacial score (nSPS) is 10.6. The zero-order valence-electron chi connectivity index (χ0n) is 10.8. The van der Waals surface area contributed by atoms with E-state index in [0.717, 1.165) is 10.9 Å². The average Bonchev–Trinajstić information content (AvgIpc) is 2.46. The van der Waals surface area contributed by atoms with Crippen molar-refractivity contribution in [1.29, 1.82) is 0 Å². The first-order valence-electron chi connectivity index (χ1n) is 6.25. The summed E-state index contributed by atoms with van der Waals surface area (Å²) in [5, 5.41) is 4.63. The molecule has 5 heteroatoms. The van der Waals surface area contributed by atoms with Crippen LogP contribution < -0.4 is 5.32 Å². The van der Waals surface area contributed by atoms with Gasteiger partial charge in [-0.2, -0.15) is 0 Å². The van der Waals surface area contributed by atoms with Gasteiger partial charge in [0, 0.05) is 27.2 Å². The standard InChI is InChI=1S/C16H10Cl2N2O/c17-12-7-11(8-13(18)9-12)16(21)20-14-5-1-3-10-4-2-6-19-15(10)14/h1-9H,(H,20,21). The molecule has 0 atom stereocenters. The van der Waals surface area contributed by atoms with Crippen molar-refractivity contribution in [3.8, 4) is 0 Å². The van der Waals surface area contributed by atoms with Crippen molar-refractivity contribution in [1.82, 2.24) is 4.98 Å². The van der Waals surface area contributed by atoms with Gasteiger partial charge in [0.2, 0.25) is 0 Å². The molecule has 104 valence electrons. The van der Waals surface area contributed by atoms with Crippen LogP contribution in [-0.2, 0) is 0 Å². The van der Waals surface area contributed by atoms with Crippen molar-refractivity contribution in [3.63, 3.8) is 0 Å². The minimum atomic E-state index is -0.280. The summed E-state index contributed by atoms with van der Waals surface area (Å²) in [7, 11) is 0. The van der Waals surface area contributed by atoms with Gasteiger partial charge in [-0.1, -0.05) is 41.4 Å². The minimum Gasteiger partial charge on any atom is -0.320 e. The number of para-hydroxylation sites is 1. The predicted octanol–water partition coefficient (Wildman–Crippen LogP) is 4.79. The lowest BCUT2D eigenvalue weighted by Gasteiger charge is -2.08. The summed E-state index contributed by atoms with van der Waals surface area (Å²) >= 11 is 11.8. The fourth-order valence-electron chi connectivity index (χ4n) is 2.08. The molecule has 0 saturated heterocycles. The number of rotatable bonds is 2. The molecule has 3 nitrogen and oxygen atoms in total. The maximum atomic E-state index is 12.3. The van der Waals surface area contributed by atoms with Crippen molar-refractivity contribution >= 4 is 45.7 Å². The summed E-state index contributed by atoms with van der Waals surface area (Å²) in [4.78, 5) is 16.6. The van der Waals surface area contributed by atoms with Crippen LogP contribution in [0.15, 0.2) is 54.7 Å². The van der Waals surface area contributed by atoms with Crippen LogP contribution in [0.2, 0.25) is 10.0 Å². The lowest BCUT2D eigenvalue weighted by atomic mass is 10.1. The van der Waals surface area contributed by atoms with Gasteiger partial charge in [0.1, 0.15) is 0 Å². The van der Waals surface area contributed by atoms with Crippen LogP contribution in [0, 0.1) is 0 Å². The van der Waals surface area contributed by atoms with E-state index in [1.807, 2.05) is 24.3 Å². The fourth-order valence-corrected chi connectivity index (χ4v) is 2.61. The van der Waals surface area contributed by atoms with E-state index >= 15 is 0 Å². The molecule has 1 N–H and O–H groups in total. The predicted molar refractivity (Wildman–Crippen MR) is 86.2 cm³/mol. The first-order valence-corrected chi connectivity index (χ1v) is 7.00. The van der Waals surface area contributed by atoms with E-state index in [1.54, 1.807) is 30.5 Å². The van der Waals surface area contributed by atoms with E-state index < -0.39 is 0 Å². The Morgan fingerprint density at radius 2 is 1.71 bits per heavy atom. The zero-order chi connectivity index (χ0) is 14.8. The van der Waals surface area contributed by atoms with Gasteiger partial charge in [0.25, 0.3) is 5.91 Å². The molecule has 21 heavy (non-hydrogen) atoms. The van der Waals surface area contributed by atoms with E-state index in [2.05, 4.69) is 10.3 Å². The Kier molecular flexibility index (Phi) is 3.78. The Bertz CT molecular complexity index is 808. The number of fused-ring (bicyclic) bond motifs is 1. The molecule has 0 aliphatic heterocycles. The molecule has 0 aliphatic rings. The highest BCUT2D eigenvalue weighted by Gasteiger charge is 2.10. The lowest BCUT2D eigenvalue weighted by Crippen LogP contribution is -2.12. The van der Waals surface area contributed by atoms with E-state index in [4.69, 9.17) is 23.2 Å². The van der Waals surface area contributed by atoms with E-state index in [0.29, 0.717) is 21.3 Å². The van der Waals surface area contributed by atoms with Gasteiger partial charge >= 0.3 is 0 Å². The van der Waals surface area contributed by atoms with Crippen molar-refractivity contribution in [2.45, 2.75) is 0 Å². The highest BCUT2D eigenvalue weighted by molar-refractivity contribution is 6.35. The number of hydrogen-bond acceptors (Lipinski definition) is 2. The van der Waals surface area contributed by atoms with Crippen LogP contribution >= 0.6 is 23.2 Å². The molecule has 0 radical (unpaired) electrons. The number of carbonyl (C=O) groups excluding carboxylic acids is 1. The van der Waals surface area contributed by atoms with E-state index in [1.165, 1.54) is 0 Å². The van der Waals surface area contributed by atoms with Gasteiger partial charge in [0.05, 0.1) is 11.2 Å². The molecule has 1 amide bonds. The van der Waals surface area contributed by atoms with E-state index in [-0.39, 0.29) is 5.91 Å². The first-order chi connectivity index (χ1) is 10.1. The molecular formula is C16H10Cl2N2O. The highest BCUT2D eigenvalue weighted by Crippen LogP contribution is 2.23. The number of halogens is 2. The second-order valence-corrected chi connectivity index (χ2v) is 5.37. The van der Waals surface area contributed by atoms with Gasteiger partial charge < -0.3 is 5.32 Å². The molecular weight excluding hydrogens is 307 g/mol. The van der Waals surface area contributed by atoms with Gasteiger partial charge in [-0.05, 0) is 30.3 Å². The summed E-state index contributed by atoms with van der Waals surface area (Å²) in [5.41, 5.74) is 1.79. The molecule has 0 saturated carbocycles. The third kappa shape index (κ3) is 2.99. The van der Waals surface area contributed by atoms with Crippen LogP contribution in [0.3, 0.4) is 0 Å². The summed E-state index contributed by atoms with van der Waals surface area (Å²) in [6.45, 7) is 0. The quantitative estimate of drug-likeness (QED) is 0.738. The third-order valence-electron chi connectivity index (χ3n) is 3.01. The van der Waals surface area contributed by atoms with Crippen LogP contribution in [0.5, 0.6) is 0 Å². The number of nitrogens with one attached hydrogen (secondary N) is 1. The Morgan fingerprint density at radius 1 is 1.00 bits per heavy atom. The molecule has 1 aromatic heterocycles. The average molecular weight is 317 g/mol. The molecule has 0 unspecified atom stereocenters. The van der Waals surface area contributed by atoms with Crippen molar-refractivity contribution in [2.75, 3.05) is 5.32 Å². The molecule has 3 rings (SSSR count). The first kappa shape index (κ1) is 13.9. The molecule has 0 aliphatic carbocycles. The Balaban J connectivity index is 1.96. The number of hydrogen-bond donors (Lipinski definition) is 1. The SMILES string of the molecule is O=C(Nc1cccc2cccnc12)c1cc(Cl)cc(Cl)c1. The fraction of sp³-hybridized carbons (Fsp3) is 0. The van der Waals surface area contributed by atoms with Crippen LogP contribution in [-0.4, -0.2) is 10.9 Å². The van der Waals surface area contributed by atoms with Gasteiger partial charge in [-0.25, -0.2) is 0 Å². The second kappa shape index (κ2) is 5.72. The Labute approximate surface area is 131 Å². The molecule has 0 fully saturated rings. The Morgan fingerprint density at radius 3 is 2.48 bits per heavy atom. The maximum absolute atomic E-state index is 12.3. The van der Waals surface area contributed by atoms with E-state index in [9.17, 15) is 4.79 Å². The molecule has 0 bridgehead atoms. The summed E-state index contributed by atoms with van der Waals surface area (Å²) in [6.07, 6.45) is 1.69. The number of carbonyl (C=O) groups is 1. The van der Waals surface area contributed by atoms with Crippen LogP contribution in [0.1, 0.15) is 10.4 Å². The number of anilines is 1. The molecule has 0 spiro atoms. The number of amides is 1. The number of benzene rings is 2. The zero-order valence-corrected chi connectivity index (χ0v) is 12.3. The molecule has 1 heterocycles. The van der Waals surface area contributed by atoms with Crippen molar-refractivity contribution in [3.05, 3.63) is 70.3 Å². The van der Waals surface area contributed by atoms with Gasteiger partial charge in [-0.15, -0.1) is 0 Å². The minimum absolute atomic E-state index is 0.280. The van der Waals surface area contributed by atoms with Gasteiger partial charge in [0.15, 0.2) is 0 Å². The van der Waals surface area contributed by atoms with Crippen LogP contribution in [0.25, 0.3) is 10.9 Å². The second-order valence-electron chi connectivity index (χ2n) is 4.49. The molecule has 2 aromatic carbocycles. The Hall–Kier alpha value is -2.10. The summed E-state index contributed by atoms with van der Waals surface area (Å²) in [6, 6.07) is 14.1. The topological polar surface area (TPSA) is 42.0 Å². The number of pyridine rings is 1. The summed E-state index contributed by atoms with van der Waals surface area (Å²) < 4.78 is 0. The lowest BCUT2D eigenvalue weighted by molar-refractivity contribution is 0.102. The maximum Gasteiger partial charge on any atom is 0.255 e. The van der Waals surface area contributed by atoms with Crippen molar-refractivity contribution < 1.29 is 4.79 Å². The third-order valence-corrected chi connectivity index (χ3v) is 3.44. The highest BCUT2D eigenvalue weighted by atomic mass is 35.5. The number of aromatic nitrogens is 1. The number of nitrogens with zero attached hydrogens (tertiary/aromatic N) is 1. The van der Waals surface area contributed by atoms with Gasteiger partial charge in [-0.3, -0.25) is 9.78 Å². The van der Waals surface area contributed by atoms with Crippen molar-refractivity contribution in [2.24, 2.45) is 0 Å². The largest absolute Gasteiger partial charge is 0.320 e. The molecule has 3 aromatic rings. The van der Waals surface area contributed by atoms with Crippen LogP contribution in [0.4, 0.5) is 5.69 Å². The summed E-state index contributed by atoms with van der Waals surface area (Å²) in [5.74, 6) is -0.280. The monoisotopic (exact) mass is 316 g/mol.